The number of hydrogen-bond donors (Lipinski definition) is 1. The summed E-state index contributed by atoms with van der Waals surface area (Å²) in [5.74, 6) is -1.34. The van der Waals surface area contributed by atoms with Crippen molar-refractivity contribution < 1.29 is 14.6 Å². The average molecular weight is 246 g/mol. The lowest BCUT2D eigenvalue weighted by atomic mass is 10.0. The number of carboxylic acids is 1. The highest BCUT2D eigenvalue weighted by Crippen LogP contribution is 2.24. The fourth-order valence-electron chi connectivity index (χ4n) is 2.12. The van der Waals surface area contributed by atoms with E-state index >= 15 is 0 Å². The number of carboxylic acid groups (broad SMARTS) is 1. The molecule has 1 heterocycles. The van der Waals surface area contributed by atoms with Gasteiger partial charge in [-0.15, -0.1) is 0 Å². The smallest absolute Gasteiger partial charge is 0.311 e. The summed E-state index contributed by atoms with van der Waals surface area (Å²) < 4.78 is 5.24. The quantitative estimate of drug-likeness (QED) is 0.864. The Bertz CT molecular complexity index is 478. The molecule has 0 saturated carbocycles. The molecule has 1 saturated heterocycles. The van der Waals surface area contributed by atoms with Gasteiger partial charge in [0.15, 0.2) is 0 Å². The normalized spacial score (nSPS) is 22.4. The second-order valence-electron chi connectivity index (χ2n) is 4.32. The van der Waals surface area contributed by atoms with Crippen molar-refractivity contribution >= 4 is 11.7 Å². The van der Waals surface area contributed by atoms with Crippen LogP contribution in [0.4, 0.5) is 5.69 Å². The summed E-state index contributed by atoms with van der Waals surface area (Å²) in [6.45, 7) is 0.661. The lowest BCUT2D eigenvalue weighted by Crippen LogP contribution is -2.40. The molecule has 2 unspecified atom stereocenters. The van der Waals surface area contributed by atoms with Gasteiger partial charge in [0.1, 0.15) is 5.92 Å². The highest BCUT2D eigenvalue weighted by Gasteiger charge is 2.36. The zero-order valence-corrected chi connectivity index (χ0v) is 10.0. The van der Waals surface area contributed by atoms with Gasteiger partial charge in [0.2, 0.25) is 0 Å². The van der Waals surface area contributed by atoms with Gasteiger partial charge in [-0.3, -0.25) is 4.79 Å². The van der Waals surface area contributed by atoms with Crippen molar-refractivity contribution in [3.05, 3.63) is 29.8 Å². The summed E-state index contributed by atoms with van der Waals surface area (Å²) in [7, 11) is 1.84. The summed E-state index contributed by atoms with van der Waals surface area (Å²) in [4.78, 5) is 13.0. The standard InChI is InChI=1S/C13H14N2O3/c1-15(10-4-2-9(6-14)3-5-10)12-8-18-7-11(12)13(16)17/h2-5,11-12H,7-8H2,1H3,(H,16,17). The summed E-state index contributed by atoms with van der Waals surface area (Å²) in [5.41, 5.74) is 1.47. The van der Waals surface area contributed by atoms with Crippen LogP contribution in [-0.2, 0) is 9.53 Å². The molecule has 18 heavy (non-hydrogen) atoms. The van der Waals surface area contributed by atoms with E-state index in [1.807, 2.05) is 24.1 Å². The predicted octanol–water partition coefficient (Wildman–Crippen LogP) is 1.09. The third-order valence-corrected chi connectivity index (χ3v) is 3.27. The molecule has 0 bridgehead atoms. The SMILES string of the molecule is CN(c1ccc(C#N)cc1)C1COCC1C(=O)O. The molecule has 1 aliphatic heterocycles. The molecule has 0 radical (unpaired) electrons. The number of aliphatic carboxylic acids is 1. The molecule has 1 aromatic carbocycles. The van der Waals surface area contributed by atoms with Crippen molar-refractivity contribution in [2.24, 2.45) is 5.92 Å². The van der Waals surface area contributed by atoms with Gasteiger partial charge in [0, 0.05) is 12.7 Å². The van der Waals surface area contributed by atoms with Gasteiger partial charge in [-0.1, -0.05) is 0 Å². The number of anilines is 1. The monoisotopic (exact) mass is 246 g/mol. The maximum Gasteiger partial charge on any atom is 0.311 e. The molecule has 1 aromatic rings. The second kappa shape index (κ2) is 5.07. The van der Waals surface area contributed by atoms with Gasteiger partial charge in [-0.25, -0.2) is 0 Å². The number of carbonyl (C=O) groups is 1. The van der Waals surface area contributed by atoms with E-state index < -0.39 is 11.9 Å². The first-order valence-corrected chi connectivity index (χ1v) is 5.67. The third-order valence-electron chi connectivity index (χ3n) is 3.27. The van der Waals surface area contributed by atoms with Gasteiger partial charge >= 0.3 is 5.97 Å². The van der Waals surface area contributed by atoms with Crippen LogP contribution < -0.4 is 4.90 Å². The van der Waals surface area contributed by atoms with Crippen LogP contribution >= 0.6 is 0 Å². The number of likely N-dealkylation sites (N-methyl/N-ethyl adjacent to an activating group) is 1. The summed E-state index contributed by atoms with van der Waals surface area (Å²) in [6.07, 6.45) is 0. The Kier molecular flexibility index (Phi) is 3.49. The Morgan fingerprint density at radius 3 is 2.67 bits per heavy atom. The highest BCUT2D eigenvalue weighted by atomic mass is 16.5. The van der Waals surface area contributed by atoms with E-state index in [9.17, 15) is 4.79 Å². The van der Waals surface area contributed by atoms with Crippen LogP contribution in [0.1, 0.15) is 5.56 Å². The van der Waals surface area contributed by atoms with E-state index in [0.717, 1.165) is 5.69 Å². The summed E-state index contributed by atoms with van der Waals surface area (Å²) in [5, 5.41) is 17.8. The van der Waals surface area contributed by atoms with Gasteiger partial charge in [0.05, 0.1) is 30.9 Å². The van der Waals surface area contributed by atoms with Crippen LogP contribution in [0.15, 0.2) is 24.3 Å². The van der Waals surface area contributed by atoms with Gasteiger partial charge in [0.25, 0.3) is 0 Å². The zero-order chi connectivity index (χ0) is 13.1. The third kappa shape index (κ3) is 2.29. The first kappa shape index (κ1) is 12.4. The largest absolute Gasteiger partial charge is 0.481 e. The fraction of sp³-hybridized carbons (Fsp3) is 0.385. The van der Waals surface area contributed by atoms with E-state index in [2.05, 4.69) is 6.07 Å². The predicted molar refractivity (Wildman–Crippen MR) is 65.3 cm³/mol. The molecule has 0 amide bonds. The van der Waals surface area contributed by atoms with Crippen molar-refractivity contribution in [1.29, 1.82) is 5.26 Å². The topological polar surface area (TPSA) is 73.6 Å². The molecule has 0 spiro atoms. The average Bonchev–Trinajstić information content (AvgIpc) is 2.87. The first-order valence-electron chi connectivity index (χ1n) is 5.67. The van der Waals surface area contributed by atoms with E-state index in [-0.39, 0.29) is 12.6 Å². The molecule has 1 fully saturated rings. The number of hydrogen-bond acceptors (Lipinski definition) is 4. The lowest BCUT2D eigenvalue weighted by molar-refractivity contribution is -0.141. The molecule has 2 rings (SSSR count). The van der Waals surface area contributed by atoms with Gasteiger partial charge in [-0.2, -0.15) is 5.26 Å². The molecule has 0 aromatic heterocycles. The Morgan fingerprint density at radius 1 is 1.44 bits per heavy atom. The van der Waals surface area contributed by atoms with Crippen molar-refractivity contribution in [3.63, 3.8) is 0 Å². The first-order chi connectivity index (χ1) is 8.63. The minimum Gasteiger partial charge on any atom is -0.481 e. The number of benzene rings is 1. The van der Waals surface area contributed by atoms with E-state index in [0.29, 0.717) is 12.2 Å². The van der Waals surface area contributed by atoms with Crippen LogP contribution in [0.25, 0.3) is 0 Å². The Labute approximate surface area is 105 Å². The molecular formula is C13H14N2O3. The Balaban J connectivity index is 2.17. The number of rotatable bonds is 3. The van der Waals surface area contributed by atoms with Gasteiger partial charge < -0.3 is 14.7 Å². The summed E-state index contributed by atoms with van der Waals surface area (Å²) >= 11 is 0. The number of ether oxygens (including phenoxy) is 1. The van der Waals surface area contributed by atoms with Crippen LogP contribution in [0.2, 0.25) is 0 Å². The lowest BCUT2D eigenvalue weighted by Gasteiger charge is -2.28. The van der Waals surface area contributed by atoms with E-state index in [4.69, 9.17) is 15.1 Å². The minimum absolute atomic E-state index is 0.171. The van der Waals surface area contributed by atoms with Crippen LogP contribution in [0.3, 0.4) is 0 Å². The van der Waals surface area contributed by atoms with E-state index in [1.54, 1.807) is 12.1 Å². The van der Waals surface area contributed by atoms with Crippen molar-refractivity contribution in [2.75, 3.05) is 25.2 Å². The fourth-order valence-corrected chi connectivity index (χ4v) is 2.12. The number of nitrogens with zero attached hydrogens (tertiary/aromatic N) is 2. The Hall–Kier alpha value is -2.06. The molecule has 1 aliphatic rings. The second-order valence-corrected chi connectivity index (χ2v) is 4.32. The number of nitriles is 1. The molecule has 94 valence electrons. The maximum atomic E-state index is 11.1. The summed E-state index contributed by atoms with van der Waals surface area (Å²) in [6, 6.07) is 8.95. The molecule has 1 N–H and O–H groups in total. The molecule has 0 aliphatic carbocycles. The van der Waals surface area contributed by atoms with Crippen molar-refractivity contribution in [1.82, 2.24) is 0 Å². The maximum absolute atomic E-state index is 11.1. The van der Waals surface area contributed by atoms with Crippen molar-refractivity contribution in [2.45, 2.75) is 6.04 Å². The Morgan fingerprint density at radius 2 is 2.11 bits per heavy atom. The van der Waals surface area contributed by atoms with Crippen LogP contribution in [-0.4, -0.2) is 37.4 Å². The molecule has 5 heteroatoms. The van der Waals surface area contributed by atoms with Gasteiger partial charge in [-0.05, 0) is 24.3 Å². The molecule has 2 atom stereocenters. The highest BCUT2D eigenvalue weighted by molar-refractivity contribution is 5.72. The minimum atomic E-state index is -0.835. The van der Waals surface area contributed by atoms with Crippen LogP contribution in [0.5, 0.6) is 0 Å². The molecular weight excluding hydrogens is 232 g/mol. The zero-order valence-electron chi connectivity index (χ0n) is 10.0. The van der Waals surface area contributed by atoms with E-state index in [1.165, 1.54) is 0 Å². The van der Waals surface area contributed by atoms with Crippen LogP contribution in [0, 0.1) is 17.2 Å². The van der Waals surface area contributed by atoms with Crippen molar-refractivity contribution in [3.8, 4) is 6.07 Å². The molecule has 5 nitrogen and oxygen atoms in total.